The van der Waals surface area contributed by atoms with E-state index in [4.69, 9.17) is 0 Å². The molecule has 1 aliphatic carbocycles. The molecule has 6 heteroatoms. The average Bonchev–Trinajstić information content (AvgIpc) is 3.21. The van der Waals surface area contributed by atoms with Crippen molar-refractivity contribution < 1.29 is 9.59 Å². The summed E-state index contributed by atoms with van der Waals surface area (Å²) in [4.78, 5) is 36.2. The molecule has 4 rings (SSSR count). The number of aromatic amines is 1. The van der Waals surface area contributed by atoms with Crippen molar-refractivity contribution in [2.24, 2.45) is 5.92 Å². The Bertz CT molecular complexity index is 1010. The highest BCUT2D eigenvalue weighted by atomic mass is 16.2. The number of H-pyrrole nitrogens is 1. The number of amides is 2. The zero-order valence-corrected chi connectivity index (χ0v) is 20.3. The van der Waals surface area contributed by atoms with Crippen LogP contribution in [0.15, 0.2) is 37.1 Å². The molecule has 6 nitrogen and oxygen atoms in total. The molecule has 1 aromatic heterocycles. The first-order chi connectivity index (χ1) is 15.9. The molecule has 0 saturated carbocycles. The second-order valence-electron chi connectivity index (χ2n) is 9.93. The Hall–Kier alpha value is -2.44. The van der Waals surface area contributed by atoms with Crippen molar-refractivity contribution in [3.05, 3.63) is 48.2 Å². The van der Waals surface area contributed by atoms with Crippen LogP contribution in [-0.2, 0) is 16.0 Å². The highest BCUT2D eigenvalue weighted by Gasteiger charge is 2.43. The van der Waals surface area contributed by atoms with Crippen molar-refractivity contribution in [1.82, 2.24) is 19.7 Å². The summed E-state index contributed by atoms with van der Waals surface area (Å²) < 4.78 is 0. The van der Waals surface area contributed by atoms with Crippen molar-refractivity contribution in [3.8, 4) is 0 Å². The molecule has 2 aliphatic rings. The van der Waals surface area contributed by atoms with Crippen LogP contribution in [0.2, 0.25) is 0 Å². The summed E-state index contributed by atoms with van der Waals surface area (Å²) in [5.41, 5.74) is 3.88. The first-order valence-corrected chi connectivity index (χ1v) is 12.4. The van der Waals surface area contributed by atoms with E-state index in [-0.39, 0.29) is 23.7 Å². The lowest BCUT2D eigenvalue weighted by Gasteiger charge is -2.47. The number of benzene rings is 1. The molecule has 2 heterocycles. The minimum absolute atomic E-state index is 0.00626. The van der Waals surface area contributed by atoms with Crippen molar-refractivity contribution in [2.75, 3.05) is 40.3 Å². The molecule has 1 fully saturated rings. The Morgan fingerprint density at radius 3 is 2.82 bits per heavy atom. The van der Waals surface area contributed by atoms with E-state index in [1.807, 2.05) is 27.1 Å². The standard InChI is InChI=1S/C27H38N4O2/c1-5-9-25(32)31(14-8-13-29(3)4)27(33)20-15-22-21-10-7-11-23-26(21)19(17-28-23)16-24(22)30(18-20)12-6-2/h6-7,10-11,17,20,22,24,28H,2,5,8-9,12-16,18H2,1,3-4H3/t20-,22-,24-/m1/s1. The van der Waals surface area contributed by atoms with Crippen molar-refractivity contribution in [3.63, 3.8) is 0 Å². The topological polar surface area (TPSA) is 59.7 Å². The SMILES string of the molecule is C=CCN1C[C@H](C(=O)N(CCCN(C)C)C(=O)CCC)C[C@@H]2c3cccc4[nH]cc(c34)C[C@H]21. The number of rotatable bonds is 9. The lowest BCUT2D eigenvalue weighted by Crippen LogP contribution is -2.54. The molecule has 0 spiro atoms. The summed E-state index contributed by atoms with van der Waals surface area (Å²) in [6, 6.07) is 6.83. The predicted octanol–water partition coefficient (Wildman–Crippen LogP) is 3.79. The predicted molar refractivity (Wildman–Crippen MR) is 133 cm³/mol. The Kier molecular flexibility index (Phi) is 7.35. The van der Waals surface area contributed by atoms with Gasteiger partial charge in [0.15, 0.2) is 0 Å². The van der Waals surface area contributed by atoms with Crippen molar-refractivity contribution >= 4 is 22.7 Å². The van der Waals surface area contributed by atoms with Crippen LogP contribution in [0.4, 0.5) is 0 Å². The van der Waals surface area contributed by atoms with Gasteiger partial charge in [-0.05, 0) is 63.5 Å². The lowest BCUT2D eigenvalue weighted by atomic mass is 9.72. The molecule has 3 atom stereocenters. The Morgan fingerprint density at radius 2 is 2.09 bits per heavy atom. The Labute approximate surface area is 197 Å². The van der Waals surface area contributed by atoms with Crippen LogP contribution >= 0.6 is 0 Å². The third-order valence-electron chi connectivity index (χ3n) is 7.31. The monoisotopic (exact) mass is 450 g/mol. The first-order valence-electron chi connectivity index (χ1n) is 12.4. The highest BCUT2D eigenvalue weighted by Crippen LogP contribution is 2.45. The van der Waals surface area contributed by atoms with Gasteiger partial charge < -0.3 is 9.88 Å². The fraction of sp³-hybridized carbons (Fsp3) is 0.556. The maximum absolute atomic E-state index is 13.8. The first kappa shape index (κ1) is 23.7. The number of likely N-dealkylation sites (tertiary alicyclic amines) is 1. The van der Waals surface area contributed by atoms with Crippen LogP contribution in [0.5, 0.6) is 0 Å². The van der Waals surface area contributed by atoms with Crippen molar-refractivity contribution in [1.29, 1.82) is 0 Å². The molecule has 178 valence electrons. The molecule has 33 heavy (non-hydrogen) atoms. The number of nitrogens with zero attached hydrogens (tertiary/aromatic N) is 3. The average molecular weight is 451 g/mol. The number of hydrogen-bond acceptors (Lipinski definition) is 4. The Balaban J connectivity index is 1.61. The van der Waals surface area contributed by atoms with Gasteiger partial charge in [-0.1, -0.05) is 25.1 Å². The fourth-order valence-corrected chi connectivity index (χ4v) is 5.82. The largest absolute Gasteiger partial charge is 0.361 e. The number of carbonyl (C=O) groups excluding carboxylic acids is 2. The fourth-order valence-electron chi connectivity index (χ4n) is 5.82. The molecule has 1 aromatic carbocycles. The second kappa shape index (κ2) is 10.2. The van der Waals surface area contributed by atoms with Gasteiger partial charge in [0.05, 0.1) is 5.92 Å². The summed E-state index contributed by atoms with van der Waals surface area (Å²) in [6.45, 7) is 8.77. The summed E-state index contributed by atoms with van der Waals surface area (Å²) >= 11 is 0. The van der Waals surface area contributed by atoms with Gasteiger partial charge >= 0.3 is 0 Å². The summed E-state index contributed by atoms with van der Waals surface area (Å²) in [6.07, 6.45) is 7.84. The number of imide groups is 1. The van der Waals surface area contributed by atoms with Gasteiger partial charge in [-0.2, -0.15) is 0 Å². The molecule has 0 unspecified atom stereocenters. The summed E-state index contributed by atoms with van der Waals surface area (Å²) in [5.74, 6) is 0.0794. The smallest absolute Gasteiger partial charge is 0.233 e. The van der Waals surface area contributed by atoms with Crippen molar-refractivity contribution in [2.45, 2.75) is 51.0 Å². The third kappa shape index (κ3) is 4.78. The molecule has 0 bridgehead atoms. The molecular formula is C27H38N4O2. The van der Waals surface area contributed by atoms with E-state index in [1.165, 1.54) is 22.0 Å². The molecule has 2 aromatic rings. The minimum Gasteiger partial charge on any atom is -0.361 e. The van der Waals surface area contributed by atoms with Crippen LogP contribution < -0.4 is 0 Å². The van der Waals surface area contributed by atoms with Crippen LogP contribution in [-0.4, -0.2) is 77.8 Å². The molecule has 1 N–H and O–H groups in total. The number of piperidine rings is 1. The van der Waals surface area contributed by atoms with Gasteiger partial charge in [0, 0.05) is 55.1 Å². The van der Waals surface area contributed by atoms with Gasteiger partial charge in [0.1, 0.15) is 0 Å². The van der Waals surface area contributed by atoms with Gasteiger partial charge in [0.25, 0.3) is 0 Å². The van der Waals surface area contributed by atoms with Gasteiger partial charge in [-0.25, -0.2) is 0 Å². The van der Waals surface area contributed by atoms with Crippen LogP contribution in [0.25, 0.3) is 10.9 Å². The molecular weight excluding hydrogens is 412 g/mol. The van der Waals surface area contributed by atoms with Crippen LogP contribution in [0.3, 0.4) is 0 Å². The normalized spacial score (nSPS) is 22.4. The summed E-state index contributed by atoms with van der Waals surface area (Å²) in [5, 5.41) is 1.33. The van der Waals surface area contributed by atoms with E-state index in [0.29, 0.717) is 25.6 Å². The maximum atomic E-state index is 13.8. The number of hydrogen-bond donors (Lipinski definition) is 1. The molecule has 1 aliphatic heterocycles. The number of aromatic nitrogens is 1. The van der Waals surface area contributed by atoms with Gasteiger partial charge in [-0.15, -0.1) is 6.58 Å². The minimum atomic E-state index is -0.179. The van der Waals surface area contributed by atoms with Crippen LogP contribution in [0.1, 0.15) is 49.7 Å². The van der Waals surface area contributed by atoms with E-state index < -0.39 is 0 Å². The van der Waals surface area contributed by atoms with E-state index >= 15 is 0 Å². The molecule has 0 radical (unpaired) electrons. The lowest BCUT2D eigenvalue weighted by molar-refractivity contribution is -0.149. The van der Waals surface area contributed by atoms with Gasteiger partial charge in [-0.3, -0.25) is 19.4 Å². The maximum Gasteiger partial charge on any atom is 0.233 e. The van der Waals surface area contributed by atoms with E-state index in [2.05, 4.69) is 45.8 Å². The molecule has 2 amide bonds. The second-order valence-corrected chi connectivity index (χ2v) is 9.93. The zero-order valence-electron chi connectivity index (χ0n) is 20.3. The Morgan fingerprint density at radius 1 is 1.27 bits per heavy atom. The number of fused-ring (bicyclic) bond motifs is 2. The van der Waals surface area contributed by atoms with E-state index in [9.17, 15) is 9.59 Å². The zero-order chi connectivity index (χ0) is 23.5. The van der Waals surface area contributed by atoms with Crippen LogP contribution in [0, 0.1) is 5.92 Å². The quantitative estimate of drug-likeness (QED) is 0.591. The van der Waals surface area contributed by atoms with Gasteiger partial charge in [0.2, 0.25) is 11.8 Å². The van der Waals surface area contributed by atoms with E-state index in [0.717, 1.165) is 38.8 Å². The summed E-state index contributed by atoms with van der Waals surface area (Å²) in [7, 11) is 4.04. The van der Waals surface area contributed by atoms with E-state index in [1.54, 1.807) is 4.90 Å². The number of carbonyl (C=O) groups is 2. The third-order valence-corrected chi connectivity index (χ3v) is 7.31. The number of nitrogens with one attached hydrogen (secondary N) is 1. The highest BCUT2D eigenvalue weighted by molar-refractivity contribution is 5.96. The molecule has 1 saturated heterocycles.